The molecule has 1 aromatic rings. The third kappa shape index (κ3) is 2.97. The van der Waals surface area contributed by atoms with E-state index in [0.717, 1.165) is 12.2 Å². The van der Waals surface area contributed by atoms with Gasteiger partial charge in [-0.1, -0.05) is 30.3 Å². The van der Waals surface area contributed by atoms with Crippen LogP contribution >= 0.6 is 11.6 Å². The van der Waals surface area contributed by atoms with Gasteiger partial charge in [-0.25, -0.2) is 0 Å². The van der Waals surface area contributed by atoms with Crippen molar-refractivity contribution in [3.05, 3.63) is 41.9 Å². The van der Waals surface area contributed by atoms with Crippen LogP contribution in [0.1, 0.15) is 6.42 Å². The van der Waals surface area contributed by atoms with Crippen LogP contribution in [0.25, 0.3) is 0 Å². The minimum Gasteiger partial charge on any atom is -0.493 e. The zero-order valence-corrected chi connectivity index (χ0v) is 7.42. The van der Waals surface area contributed by atoms with E-state index in [2.05, 4.69) is 0 Å². The first-order valence-corrected chi connectivity index (χ1v) is 4.12. The molecule has 0 saturated heterocycles. The van der Waals surface area contributed by atoms with Crippen molar-refractivity contribution in [1.82, 2.24) is 0 Å². The number of halogens is 1. The standard InChI is InChI=1S/C10H10ClO/c1-2-3-7-12-10-6-4-5-9(11)8-10/h1-2,4-6,8H,3,7H2. The monoisotopic (exact) mass is 181 g/mol. The maximum atomic E-state index is 5.75. The van der Waals surface area contributed by atoms with Gasteiger partial charge in [0.2, 0.25) is 0 Å². The van der Waals surface area contributed by atoms with E-state index in [1.807, 2.05) is 18.2 Å². The molecule has 1 radical (unpaired) electrons. The average molecular weight is 182 g/mol. The molecule has 0 aromatic heterocycles. The van der Waals surface area contributed by atoms with Crippen LogP contribution in [0, 0.1) is 6.58 Å². The van der Waals surface area contributed by atoms with Gasteiger partial charge in [0.25, 0.3) is 0 Å². The van der Waals surface area contributed by atoms with E-state index < -0.39 is 0 Å². The maximum Gasteiger partial charge on any atom is 0.120 e. The van der Waals surface area contributed by atoms with E-state index in [-0.39, 0.29) is 0 Å². The fourth-order valence-electron chi connectivity index (χ4n) is 0.802. The van der Waals surface area contributed by atoms with Gasteiger partial charge in [0, 0.05) is 5.02 Å². The Hall–Kier alpha value is -0.950. The summed E-state index contributed by atoms with van der Waals surface area (Å²) in [5.41, 5.74) is 0. The first-order chi connectivity index (χ1) is 5.83. The summed E-state index contributed by atoms with van der Waals surface area (Å²) in [5, 5.41) is 0.684. The molecule has 63 valence electrons. The van der Waals surface area contributed by atoms with Crippen LogP contribution in [0.15, 0.2) is 30.3 Å². The normalized spacial score (nSPS) is 9.42. The van der Waals surface area contributed by atoms with Gasteiger partial charge in [0.15, 0.2) is 0 Å². The number of hydrogen-bond donors (Lipinski definition) is 0. The molecule has 0 saturated carbocycles. The second-order valence-electron chi connectivity index (χ2n) is 2.33. The first kappa shape index (κ1) is 9.14. The molecule has 12 heavy (non-hydrogen) atoms. The molecule has 0 N–H and O–H groups in total. The lowest BCUT2D eigenvalue weighted by molar-refractivity contribution is 0.325. The molecule has 2 heteroatoms. The minimum atomic E-state index is 0.594. The Morgan fingerprint density at radius 3 is 3.00 bits per heavy atom. The molecule has 0 unspecified atom stereocenters. The van der Waals surface area contributed by atoms with Crippen molar-refractivity contribution in [1.29, 1.82) is 0 Å². The molecule has 0 amide bonds. The SMILES string of the molecule is [CH]=CCCOc1cccc(Cl)c1. The van der Waals surface area contributed by atoms with E-state index in [1.54, 1.807) is 12.1 Å². The largest absolute Gasteiger partial charge is 0.493 e. The molecule has 0 atom stereocenters. The Labute approximate surface area is 77.6 Å². The summed E-state index contributed by atoms with van der Waals surface area (Å²) in [6.07, 6.45) is 2.32. The minimum absolute atomic E-state index is 0.594. The Bertz CT molecular complexity index is 258. The Morgan fingerprint density at radius 1 is 1.50 bits per heavy atom. The number of ether oxygens (including phenoxy) is 1. The highest BCUT2D eigenvalue weighted by Crippen LogP contribution is 2.16. The van der Waals surface area contributed by atoms with Gasteiger partial charge in [-0.3, -0.25) is 0 Å². The van der Waals surface area contributed by atoms with Crippen molar-refractivity contribution in [3.63, 3.8) is 0 Å². The fraction of sp³-hybridized carbons (Fsp3) is 0.200. The van der Waals surface area contributed by atoms with Gasteiger partial charge in [-0.05, 0) is 24.6 Å². The molecule has 0 aliphatic rings. The predicted octanol–water partition coefficient (Wildman–Crippen LogP) is 3.10. The van der Waals surface area contributed by atoms with Gasteiger partial charge in [-0.2, -0.15) is 0 Å². The lowest BCUT2D eigenvalue weighted by Crippen LogP contribution is -1.94. The van der Waals surface area contributed by atoms with Gasteiger partial charge in [0.05, 0.1) is 6.61 Å². The molecule has 0 heterocycles. The van der Waals surface area contributed by atoms with E-state index in [9.17, 15) is 0 Å². The smallest absolute Gasteiger partial charge is 0.120 e. The Balaban J connectivity index is 2.46. The highest BCUT2D eigenvalue weighted by Gasteiger charge is 1.92. The van der Waals surface area contributed by atoms with Crippen LogP contribution in [0.4, 0.5) is 0 Å². The lowest BCUT2D eigenvalue weighted by Gasteiger charge is -2.03. The second kappa shape index (κ2) is 4.83. The van der Waals surface area contributed by atoms with E-state index >= 15 is 0 Å². The van der Waals surface area contributed by atoms with E-state index in [4.69, 9.17) is 22.9 Å². The quantitative estimate of drug-likeness (QED) is 0.649. The second-order valence-corrected chi connectivity index (χ2v) is 2.77. The summed E-state index contributed by atoms with van der Waals surface area (Å²) in [4.78, 5) is 0. The lowest BCUT2D eigenvalue weighted by atomic mass is 10.3. The first-order valence-electron chi connectivity index (χ1n) is 3.74. The van der Waals surface area contributed by atoms with Crippen molar-refractivity contribution in [2.24, 2.45) is 0 Å². The molecule has 1 aromatic carbocycles. The number of rotatable bonds is 4. The van der Waals surface area contributed by atoms with Crippen LogP contribution < -0.4 is 4.74 Å². The van der Waals surface area contributed by atoms with Crippen LogP contribution in [0.2, 0.25) is 5.02 Å². The number of benzene rings is 1. The average Bonchev–Trinajstić information content (AvgIpc) is 2.05. The van der Waals surface area contributed by atoms with Crippen molar-refractivity contribution in [2.45, 2.75) is 6.42 Å². The highest BCUT2D eigenvalue weighted by molar-refractivity contribution is 6.30. The van der Waals surface area contributed by atoms with Crippen molar-refractivity contribution in [2.75, 3.05) is 6.61 Å². The molecule has 0 aliphatic carbocycles. The summed E-state index contributed by atoms with van der Waals surface area (Å²) in [6, 6.07) is 7.30. The number of hydrogen-bond acceptors (Lipinski definition) is 1. The van der Waals surface area contributed by atoms with Gasteiger partial charge >= 0.3 is 0 Å². The van der Waals surface area contributed by atoms with E-state index in [1.165, 1.54) is 0 Å². The molecule has 0 bridgehead atoms. The topological polar surface area (TPSA) is 9.23 Å². The zero-order valence-electron chi connectivity index (χ0n) is 6.66. The van der Waals surface area contributed by atoms with Gasteiger partial charge < -0.3 is 4.74 Å². The zero-order chi connectivity index (χ0) is 8.81. The predicted molar refractivity (Wildman–Crippen MR) is 50.4 cm³/mol. The summed E-state index contributed by atoms with van der Waals surface area (Å²) in [5.74, 6) is 0.782. The summed E-state index contributed by atoms with van der Waals surface area (Å²) >= 11 is 5.75. The van der Waals surface area contributed by atoms with Crippen molar-refractivity contribution in [3.8, 4) is 5.75 Å². The molecular formula is C10H10ClO. The third-order valence-electron chi connectivity index (χ3n) is 1.35. The van der Waals surface area contributed by atoms with Crippen LogP contribution in [-0.2, 0) is 0 Å². The van der Waals surface area contributed by atoms with Crippen molar-refractivity contribution < 1.29 is 4.74 Å². The van der Waals surface area contributed by atoms with Crippen LogP contribution in [0.5, 0.6) is 5.75 Å². The molecule has 1 nitrogen and oxygen atoms in total. The van der Waals surface area contributed by atoms with Gasteiger partial charge in [0.1, 0.15) is 5.75 Å². The van der Waals surface area contributed by atoms with Crippen LogP contribution in [-0.4, -0.2) is 6.61 Å². The molecular weight excluding hydrogens is 172 g/mol. The molecule has 0 spiro atoms. The molecule has 1 rings (SSSR count). The van der Waals surface area contributed by atoms with E-state index in [0.29, 0.717) is 11.6 Å². The van der Waals surface area contributed by atoms with Crippen molar-refractivity contribution >= 4 is 11.6 Å². The maximum absolute atomic E-state index is 5.75. The summed E-state index contributed by atoms with van der Waals surface area (Å²) in [6.45, 7) is 5.79. The Kier molecular flexibility index (Phi) is 3.68. The fourth-order valence-corrected chi connectivity index (χ4v) is 0.982. The van der Waals surface area contributed by atoms with Gasteiger partial charge in [-0.15, -0.1) is 0 Å². The Morgan fingerprint density at radius 2 is 2.33 bits per heavy atom. The third-order valence-corrected chi connectivity index (χ3v) is 1.58. The molecule has 0 fully saturated rings. The van der Waals surface area contributed by atoms with Crippen LogP contribution in [0.3, 0.4) is 0 Å². The summed E-state index contributed by atoms with van der Waals surface area (Å²) in [7, 11) is 0. The summed E-state index contributed by atoms with van der Waals surface area (Å²) < 4.78 is 5.33. The molecule has 0 aliphatic heterocycles. The highest BCUT2D eigenvalue weighted by atomic mass is 35.5.